The van der Waals surface area contributed by atoms with Gasteiger partial charge < -0.3 is 15.1 Å². The highest BCUT2D eigenvalue weighted by molar-refractivity contribution is 6.05. The second kappa shape index (κ2) is 8.28. The van der Waals surface area contributed by atoms with Gasteiger partial charge in [0.2, 0.25) is 0 Å². The highest BCUT2D eigenvalue weighted by Gasteiger charge is 2.21. The van der Waals surface area contributed by atoms with Crippen LogP contribution in [-0.2, 0) is 0 Å². The van der Waals surface area contributed by atoms with Gasteiger partial charge in [0, 0.05) is 26.2 Å². The van der Waals surface area contributed by atoms with E-state index in [1.165, 1.54) is 5.56 Å². The Kier molecular flexibility index (Phi) is 5.55. The molecule has 3 aromatic rings. The summed E-state index contributed by atoms with van der Waals surface area (Å²) >= 11 is 0. The van der Waals surface area contributed by atoms with E-state index in [0.717, 1.165) is 48.8 Å². The first kappa shape index (κ1) is 20.1. The minimum Gasteiger partial charge on any atom is -0.367 e. The predicted molar refractivity (Wildman–Crippen MR) is 120 cm³/mol. The molecule has 1 aliphatic heterocycles. The molecule has 0 spiro atoms. The molecule has 0 bridgehead atoms. The van der Waals surface area contributed by atoms with Crippen molar-refractivity contribution in [2.24, 2.45) is 0 Å². The number of amides is 1. The Morgan fingerprint density at radius 1 is 0.933 bits per heavy atom. The molecule has 0 aliphatic carbocycles. The van der Waals surface area contributed by atoms with Gasteiger partial charge in [-0.25, -0.2) is 0 Å². The lowest BCUT2D eigenvalue weighted by Crippen LogP contribution is -2.44. The van der Waals surface area contributed by atoms with Crippen LogP contribution in [0.4, 0.5) is 11.4 Å². The number of nitrogens with one attached hydrogen (secondary N) is 1. The number of aryl methyl sites for hydroxylation is 3. The van der Waals surface area contributed by atoms with Crippen LogP contribution >= 0.6 is 0 Å². The predicted octanol–water partition coefficient (Wildman–Crippen LogP) is 3.20. The molecule has 7 heteroatoms. The molecule has 0 unspecified atom stereocenters. The molecule has 1 fully saturated rings. The van der Waals surface area contributed by atoms with Gasteiger partial charge in [-0.2, -0.15) is 9.90 Å². The molecule has 2 heterocycles. The summed E-state index contributed by atoms with van der Waals surface area (Å²) in [5, 5.41) is 12.0. The van der Waals surface area contributed by atoms with E-state index in [4.69, 9.17) is 0 Å². The van der Waals surface area contributed by atoms with Crippen LogP contribution in [0, 0.1) is 20.8 Å². The van der Waals surface area contributed by atoms with E-state index in [1.807, 2.05) is 44.2 Å². The Balaban J connectivity index is 1.57. The van der Waals surface area contributed by atoms with Crippen molar-refractivity contribution < 1.29 is 4.79 Å². The zero-order valence-corrected chi connectivity index (χ0v) is 18.0. The molecule has 156 valence electrons. The number of benzene rings is 2. The van der Waals surface area contributed by atoms with Crippen molar-refractivity contribution >= 4 is 17.3 Å². The Morgan fingerprint density at radius 3 is 2.40 bits per heavy atom. The van der Waals surface area contributed by atoms with Gasteiger partial charge >= 0.3 is 0 Å². The summed E-state index contributed by atoms with van der Waals surface area (Å²) in [6, 6.07) is 14.0. The molecule has 4 rings (SSSR count). The van der Waals surface area contributed by atoms with Crippen LogP contribution in [0.25, 0.3) is 5.69 Å². The number of likely N-dealkylation sites (N-methyl/N-ethyl adjacent to an activating group) is 1. The van der Waals surface area contributed by atoms with Gasteiger partial charge in [-0.15, -0.1) is 5.10 Å². The molecule has 1 N–H and O–H groups in total. The molecular formula is C23H28N6O. The number of nitrogens with zero attached hydrogens (tertiary/aromatic N) is 5. The number of piperazine rings is 1. The van der Waals surface area contributed by atoms with Gasteiger partial charge in [-0.05, 0) is 51.6 Å². The first-order valence-electron chi connectivity index (χ1n) is 10.3. The van der Waals surface area contributed by atoms with Crippen LogP contribution in [0.5, 0.6) is 0 Å². The SMILES string of the molecule is Cc1ccc(-n2nc(C)c(C(=O)Nc3ccccc3N3CCN(C)CC3)n2)c(C)c1. The molecule has 2 aromatic carbocycles. The average Bonchev–Trinajstić information content (AvgIpc) is 3.10. The van der Waals surface area contributed by atoms with E-state index < -0.39 is 0 Å². The maximum atomic E-state index is 13.1. The third-order valence-corrected chi connectivity index (χ3v) is 5.56. The number of para-hydroxylation sites is 2. The van der Waals surface area contributed by atoms with E-state index in [1.54, 1.807) is 4.80 Å². The van der Waals surface area contributed by atoms with Gasteiger partial charge in [0.25, 0.3) is 5.91 Å². The third-order valence-electron chi connectivity index (χ3n) is 5.56. The van der Waals surface area contributed by atoms with E-state index in [2.05, 4.69) is 51.4 Å². The summed E-state index contributed by atoms with van der Waals surface area (Å²) in [6.45, 7) is 9.77. The Morgan fingerprint density at radius 2 is 1.67 bits per heavy atom. The van der Waals surface area contributed by atoms with Crippen LogP contribution in [0.15, 0.2) is 42.5 Å². The smallest absolute Gasteiger partial charge is 0.278 e. The number of hydrogen-bond acceptors (Lipinski definition) is 5. The monoisotopic (exact) mass is 404 g/mol. The Bertz CT molecular complexity index is 1070. The molecule has 0 radical (unpaired) electrons. The second-order valence-electron chi connectivity index (χ2n) is 7.97. The molecule has 30 heavy (non-hydrogen) atoms. The molecule has 0 saturated carbocycles. The van der Waals surface area contributed by atoms with Crippen molar-refractivity contribution in [3.63, 3.8) is 0 Å². The zero-order chi connectivity index (χ0) is 21.3. The average molecular weight is 405 g/mol. The van der Waals surface area contributed by atoms with Gasteiger partial charge in [0.1, 0.15) is 0 Å². The normalized spacial score (nSPS) is 14.7. The Hall–Kier alpha value is -3.19. The van der Waals surface area contributed by atoms with Crippen LogP contribution in [0.1, 0.15) is 27.3 Å². The summed E-state index contributed by atoms with van der Waals surface area (Å²) in [7, 11) is 2.13. The van der Waals surface area contributed by atoms with E-state index in [0.29, 0.717) is 11.4 Å². The van der Waals surface area contributed by atoms with E-state index >= 15 is 0 Å². The van der Waals surface area contributed by atoms with Crippen molar-refractivity contribution in [1.29, 1.82) is 0 Å². The van der Waals surface area contributed by atoms with Crippen LogP contribution in [0.3, 0.4) is 0 Å². The summed E-state index contributed by atoms with van der Waals surface area (Å²) in [4.78, 5) is 19.2. The molecule has 1 aromatic heterocycles. The summed E-state index contributed by atoms with van der Waals surface area (Å²) in [6.07, 6.45) is 0. The summed E-state index contributed by atoms with van der Waals surface area (Å²) in [5.74, 6) is -0.245. The lowest BCUT2D eigenvalue weighted by atomic mass is 10.1. The topological polar surface area (TPSA) is 66.3 Å². The van der Waals surface area contributed by atoms with Gasteiger partial charge in [-0.1, -0.05) is 29.8 Å². The Labute approximate surface area is 177 Å². The van der Waals surface area contributed by atoms with Crippen molar-refractivity contribution in [2.45, 2.75) is 20.8 Å². The number of carbonyl (C=O) groups excluding carboxylic acids is 1. The lowest BCUT2D eigenvalue weighted by Gasteiger charge is -2.35. The van der Waals surface area contributed by atoms with Gasteiger partial charge in [0.05, 0.1) is 22.8 Å². The zero-order valence-electron chi connectivity index (χ0n) is 18.0. The first-order chi connectivity index (χ1) is 14.4. The maximum absolute atomic E-state index is 13.1. The summed E-state index contributed by atoms with van der Waals surface area (Å²) < 4.78 is 0. The first-order valence-corrected chi connectivity index (χ1v) is 10.3. The van der Waals surface area contributed by atoms with Crippen molar-refractivity contribution in [2.75, 3.05) is 43.4 Å². The fourth-order valence-corrected chi connectivity index (χ4v) is 3.81. The fourth-order valence-electron chi connectivity index (χ4n) is 3.81. The van der Waals surface area contributed by atoms with E-state index in [-0.39, 0.29) is 5.91 Å². The molecule has 1 amide bonds. The lowest BCUT2D eigenvalue weighted by molar-refractivity contribution is 0.102. The molecular weight excluding hydrogens is 376 g/mol. The summed E-state index contributed by atoms with van der Waals surface area (Å²) in [5.41, 5.74) is 5.90. The number of rotatable bonds is 4. The van der Waals surface area contributed by atoms with Crippen molar-refractivity contribution in [3.05, 3.63) is 65.0 Å². The van der Waals surface area contributed by atoms with Gasteiger partial charge in [0.15, 0.2) is 5.69 Å². The second-order valence-corrected chi connectivity index (χ2v) is 7.97. The van der Waals surface area contributed by atoms with Crippen LogP contribution < -0.4 is 10.2 Å². The fraction of sp³-hybridized carbons (Fsp3) is 0.348. The standard InChI is InChI=1S/C23H28N6O/c1-16-9-10-20(17(2)15-16)29-25-18(3)22(26-29)23(30)24-19-7-5-6-8-21(19)28-13-11-27(4)12-14-28/h5-10,15H,11-14H2,1-4H3,(H,24,30). The minimum absolute atomic E-state index is 0.245. The molecule has 7 nitrogen and oxygen atoms in total. The molecule has 1 saturated heterocycles. The highest BCUT2D eigenvalue weighted by atomic mass is 16.2. The van der Waals surface area contributed by atoms with Gasteiger partial charge in [-0.3, -0.25) is 4.79 Å². The highest BCUT2D eigenvalue weighted by Crippen LogP contribution is 2.27. The molecule has 0 atom stereocenters. The number of anilines is 2. The van der Waals surface area contributed by atoms with Crippen molar-refractivity contribution in [1.82, 2.24) is 19.9 Å². The number of carbonyl (C=O) groups is 1. The number of hydrogen-bond donors (Lipinski definition) is 1. The van der Waals surface area contributed by atoms with E-state index in [9.17, 15) is 4.79 Å². The third kappa shape index (κ3) is 4.07. The number of aromatic nitrogens is 3. The minimum atomic E-state index is -0.245. The largest absolute Gasteiger partial charge is 0.367 e. The van der Waals surface area contributed by atoms with Crippen LogP contribution in [-0.4, -0.2) is 59.0 Å². The van der Waals surface area contributed by atoms with Crippen molar-refractivity contribution in [3.8, 4) is 5.69 Å². The maximum Gasteiger partial charge on any atom is 0.278 e. The molecule has 1 aliphatic rings. The van der Waals surface area contributed by atoms with Crippen LogP contribution in [0.2, 0.25) is 0 Å². The quantitative estimate of drug-likeness (QED) is 0.723.